The van der Waals surface area contributed by atoms with Crippen molar-refractivity contribution in [1.29, 1.82) is 0 Å². The Hall–Kier alpha value is -2.84. The van der Waals surface area contributed by atoms with Crippen molar-refractivity contribution < 1.29 is 9.59 Å². The van der Waals surface area contributed by atoms with Crippen molar-refractivity contribution in [2.24, 2.45) is 0 Å². The monoisotopic (exact) mass is 428 g/mol. The molecule has 0 saturated carbocycles. The third kappa shape index (κ3) is 6.62. The first-order chi connectivity index (χ1) is 14.0. The molecule has 152 valence electrons. The molecule has 0 bridgehead atoms. The minimum absolute atomic E-state index is 0.177. The van der Waals surface area contributed by atoms with Crippen molar-refractivity contribution in [3.8, 4) is 0 Å². The molecule has 2 aromatic carbocycles. The van der Waals surface area contributed by atoms with Crippen LogP contribution in [0.5, 0.6) is 0 Å². The minimum atomic E-state index is -0.177. The fourth-order valence-electron chi connectivity index (χ4n) is 2.55. The highest BCUT2D eigenvalue weighted by molar-refractivity contribution is 7.82. The predicted octanol–water partition coefficient (Wildman–Crippen LogP) is 3.37. The Labute approximate surface area is 181 Å². The Morgan fingerprint density at radius 3 is 1.38 bits per heavy atom. The van der Waals surface area contributed by atoms with E-state index in [0.717, 1.165) is 0 Å². The highest BCUT2D eigenvalue weighted by Gasteiger charge is 2.18. The number of hydrogen-bond acceptors (Lipinski definition) is 4. The number of carbonyl (C=O) groups excluding carboxylic acids is 2. The Kier molecular flexibility index (Phi) is 8.69. The van der Waals surface area contributed by atoms with Gasteiger partial charge in [0.15, 0.2) is 0 Å². The topological polar surface area (TPSA) is 64.7 Å². The summed E-state index contributed by atoms with van der Waals surface area (Å²) in [6.45, 7) is 4.57. The summed E-state index contributed by atoms with van der Waals surface area (Å²) in [6.07, 6.45) is 0.210. The lowest BCUT2D eigenvalue weighted by atomic mass is 10.2. The molecule has 2 amide bonds. The predicted molar refractivity (Wildman–Crippen MR) is 122 cm³/mol. The fraction of sp³-hybridized carbons (Fsp3) is 0.238. The normalized spacial score (nSPS) is 10.0. The number of nitrogens with zero attached hydrogens (tertiary/aromatic N) is 2. The van der Waals surface area contributed by atoms with E-state index < -0.39 is 0 Å². The molecule has 8 heteroatoms. The fourth-order valence-corrected chi connectivity index (χ4v) is 3.15. The van der Waals surface area contributed by atoms with Crippen LogP contribution >= 0.6 is 24.4 Å². The van der Waals surface area contributed by atoms with Gasteiger partial charge in [-0.3, -0.25) is 30.5 Å². The zero-order valence-electron chi connectivity index (χ0n) is 16.4. The van der Waals surface area contributed by atoms with Crippen LogP contribution in [0.2, 0.25) is 0 Å². The van der Waals surface area contributed by atoms with Crippen LogP contribution in [-0.4, -0.2) is 44.9 Å². The largest absolute Gasteiger partial charge is 0.289 e. The lowest BCUT2D eigenvalue weighted by Crippen LogP contribution is -2.49. The quantitative estimate of drug-likeness (QED) is 0.543. The molecule has 2 rings (SSSR count). The van der Waals surface area contributed by atoms with Gasteiger partial charge in [-0.15, -0.1) is 0 Å². The number of hydrazine groups is 2. The molecular weight excluding hydrogens is 404 g/mol. The van der Waals surface area contributed by atoms with E-state index in [1.165, 1.54) is 10.0 Å². The number of amides is 2. The van der Waals surface area contributed by atoms with E-state index in [4.69, 9.17) is 24.4 Å². The summed E-state index contributed by atoms with van der Waals surface area (Å²) in [4.78, 5) is 25.9. The third-order valence-corrected chi connectivity index (χ3v) is 4.48. The van der Waals surface area contributed by atoms with Crippen LogP contribution < -0.4 is 10.9 Å². The van der Waals surface area contributed by atoms with Crippen LogP contribution in [0.15, 0.2) is 60.7 Å². The number of nitrogens with one attached hydrogen (secondary N) is 2. The molecule has 0 saturated heterocycles. The van der Waals surface area contributed by atoms with Gasteiger partial charge >= 0.3 is 0 Å². The molecular formula is C21H24N4O2S2. The smallest absolute Gasteiger partial charge is 0.272 e. The maximum Gasteiger partial charge on any atom is 0.272 e. The van der Waals surface area contributed by atoms with E-state index in [0.29, 0.717) is 34.2 Å². The molecule has 29 heavy (non-hydrogen) atoms. The molecule has 0 fully saturated rings. The summed E-state index contributed by atoms with van der Waals surface area (Å²) in [5.41, 5.74) is 7.00. The highest BCUT2D eigenvalue weighted by Crippen LogP contribution is 2.05. The molecule has 0 aromatic heterocycles. The second-order valence-corrected chi connectivity index (χ2v) is 7.06. The average Bonchev–Trinajstić information content (AvgIpc) is 2.76. The summed E-state index contributed by atoms with van der Waals surface area (Å²) in [6, 6.07) is 17.9. The first-order valence-corrected chi connectivity index (χ1v) is 10.1. The molecule has 0 unspecified atom stereocenters. The van der Waals surface area contributed by atoms with Crippen molar-refractivity contribution in [3.05, 3.63) is 71.8 Å². The molecule has 0 aliphatic heterocycles. The molecule has 0 aliphatic rings. The van der Waals surface area contributed by atoms with E-state index in [9.17, 15) is 9.59 Å². The lowest BCUT2D eigenvalue weighted by molar-refractivity contribution is 0.0718. The van der Waals surface area contributed by atoms with Crippen molar-refractivity contribution in [3.63, 3.8) is 0 Å². The SMILES string of the molecule is CCN(NC(=S)CC(=S)NN(CC)C(=O)c1ccccc1)C(=O)c1ccccc1. The Bertz CT molecular complexity index is 788. The number of carbonyl (C=O) groups is 2. The summed E-state index contributed by atoms with van der Waals surface area (Å²) >= 11 is 10.7. The minimum Gasteiger partial charge on any atom is -0.289 e. The van der Waals surface area contributed by atoms with Gasteiger partial charge in [0, 0.05) is 24.2 Å². The number of hydrogen-bond donors (Lipinski definition) is 2. The zero-order chi connectivity index (χ0) is 21.2. The van der Waals surface area contributed by atoms with Gasteiger partial charge in [0.2, 0.25) is 0 Å². The molecule has 0 atom stereocenters. The Balaban J connectivity index is 1.92. The first-order valence-electron chi connectivity index (χ1n) is 9.29. The summed E-state index contributed by atoms with van der Waals surface area (Å²) in [7, 11) is 0. The lowest BCUT2D eigenvalue weighted by Gasteiger charge is -2.26. The highest BCUT2D eigenvalue weighted by atomic mass is 32.1. The van der Waals surface area contributed by atoms with Gasteiger partial charge in [-0.2, -0.15) is 0 Å². The van der Waals surface area contributed by atoms with Gasteiger partial charge in [0.25, 0.3) is 11.8 Å². The molecule has 0 radical (unpaired) electrons. The van der Waals surface area contributed by atoms with E-state index in [1.54, 1.807) is 24.3 Å². The van der Waals surface area contributed by atoms with Gasteiger partial charge in [-0.05, 0) is 38.1 Å². The van der Waals surface area contributed by atoms with Gasteiger partial charge in [0.1, 0.15) is 9.98 Å². The van der Waals surface area contributed by atoms with Crippen LogP contribution in [-0.2, 0) is 0 Å². The van der Waals surface area contributed by atoms with Crippen molar-refractivity contribution in [2.45, 2.75) is 20.3 Å². The summed E-state index contributed by atoms with van der Waals surface area (Å²) in [5.74, 6) is -0.354. The van der Waals surface area contributed by atoms with Gasteiger partial charge in [-0.25, -0.2) is 0 Å². The first kappa shape index (κ1) is 22.4. The van der Waals surface area contributed by atoms with E-state index in [2.05, 4.69) is 10.9 Å². The summed E-state index contributed by atoms with van der Waals surface area (Å²) in [5, 5.41) is 2.87. The van der Waals surface area contributed by atoms with Crippen molar-refractivity contribution in [1.82, 2.24) is 20.9 Å². The number of rotatable bonds is 6. The van der Waals surface area contributed by atoms with E-state index in [-0.39, 0.29) is 18.2 Å². The van der Waals surface area contributed by atoms with Gasteiger partial charge in [-0.1, -0.05) is 60.8 Å². The van der Waals surface area contributed by atoms with E-state index >= 15 is 0 Å². The van der Waals surface area contributed by atoms with Gasteiger partial charge in [0.05, 0.1) is 6.42 Å². The molecule has 6 nitrogen and oxygen atoms in total. The number of benzene rings is 2. The van der Waals surface area contributed by atoms with Crippen molar-refractivity contribution >= 4 is 46.2 Å². The maximum absolute atomic E-state index is 12.6. The molecule has 0 heterocycles. The zero-order valence-corrected chi connectivity index (χ0v) is 18.1. The molecule has 2 aromatic rings. The van der Waals surface area contributed by atoms with Crippen LogP contribution in [0.4, 0.5) is 0 Å². The maximum atomic E-state index is 12.6. The van der Waals surface area contributed by atoms with Gasteiger partial charge < -0.3 is 0 Å². The summed E-state index contributed by atoms with van der Waals surface area (Å²) < 4.78 is 0. The van der Waals surface area contributed by atoms with Crippen molar-refractivity contribution in [2.75, 3.05) is 13.1 Å². The molecule has 0 spiro atoms. The molecule has 0 aliphatic carbocycles. The van der Waals surface area contributed by atoms with Crippen LogP contribution in [0.1, 0.15) is 41.0 Å². The number of thiocarbonyl (C=S) groups is 2. The van der Waals surface area contributed by atoms with Crippen LogP contribution in [0.3, 0.4) is 0 Å². The molecule has 2 N–H and O–H groups in total. The Morgan fingerprint density at radius 1 is 0.724 bits per heavy atom. The average molecular weight is 429 g/mol. The Morgan fingerprint density at radius 2 is 1.07 bits per heavy atom. The third-order valence-electron chi connectivity index (χ3n) is 4.00. The van der Waals surface area contributed by atoms with Crippen LogP contribution in [0, 0.1) is 0 Å². The second-order valence-electron chi connectivity index (χ2n) is 6.08. The second kappa shape index (κ2) is 11.2. The van der Waals surface area contributed by atoms with E-state index in [1.807, 2.05) is 50.2 Å². The standard InChI is InChI=1S/C21H24N4O2S2/c1-3-24(20(26)16-11-7-5-8-12-16)22-18(28)15-19(29)23-25(4-2)21(27)17-13-9-6-10-14-17/h5-14H,3-4,15H2,1-2H3,(H,22,28)(H,23,29). The van der Waals surface area contributed by atoms with Crippen LogP contribution in [0.25, 0.3) is 0 Å².